The predicted octanol–water partition coefficient (Wildman–Crippen LogP) is 4.82. The quantitative estimate of drug-likeness (QED) is 0.493. The van der Waals surface area contributed by atoms with Crippen molar-refractivity contribution in [1.82, 2.24) is 19.7 Å². The van der Waals surface area contributed by atoms with Crippen LogP contribution in [0.25, 0.3) is 10.9 Å². The molecule has 4 heterocycles. The van der Waals surface area contributed by atoms with Gasteiger partial charge in [0, 0.05) is 36.1 Å². The summed E-state index contributed by atoms with van der Waals surface area (Å²) in [5, 5.41) is 11.0. The Kier molecular flexibility index (Phi) is 5.50. The van der Waals surface area contributed by atoms with Crippen LogP contribution in [0.5, 0.6) is 5.75 Å². The zero-order chi connectivity index (χ0) is 25.2. The van der Waals surface area contributed by atoms with Gasteiger partial charge in [-0.25, -0.2) is 9.18 Å². The Morgan fingerprint density at radius 3 is 2.67 bits per heavy atom. The number of aromatic hydroxyl groups is 1. The van der Waals surface area contributed by atoms with Crippen LogP contribution >= 0.6 is 11.6 Å². The lowest BCUT2D eigenvalue weighted by atomic mass is 9.81. The van der Waals surface area contributed by atoms with Gasteiger partial charge in [0.25, 0.3) is 5.91 Å². The van der Waals surface area contributed by atoms with Crippen LogP contribution in [0.3, 0.4) is 0 Å². The molecule has 2 saturated heterocycles. The fraction of sp³-hybridized carbons (Fsp3) is 0.407. The number of nitrogens with one attached hydrogen (secondary N) is 1. The van der Waals surface area contributed by atoms with Crippen LogP contribution in [0.2, 0.25) is 5.02 Å². The Labute approximate surface area is 213 Å². The molecule has 188 valence electrons. The second-order valence-electron chi connectivity index (χ2n) is 10.3. The van der Waals surface area contributed by atoms with Gasteiger partial charge < -0.3 is 15.0 Å². The van der Waals surface area contributed by atoms with Gasteiger partial charge in [0.15, 0.2) is 0 Å². The lowest BCUT2D eigenvalue weighted by Gasteiger charge is -2.42. The zero-order valence-corrected chi connectivity index (χ0v) is 20.8. The van der Waals surface area contributed by atoms with Crippen LogP contribution in [0, 0.1) is 5.82 Å². The van der Waals surface area contributed by atoms with Crippen molar-refractivity contribution in [2.75, 3.05) is 26.2 Å². The number of urea groups is 1. The van der Waals surface area contributed by atoms with Gasteiger partial charge in [0.05, 0.1) is 5.02 Å². The van der Waals surface area contributed by atoms with Crippen LogP contribution in [-0.4, -0.2) is 68.4 Å². The molecule has 0 saturated carbocycles. The third kappa shape index (κ3) is 3.50. The highest BCUT2D eigenvalue weighted by Crippen LogP contribution is 2.49. The number of hydrogen-bond acceptors (Lipinski definition) is 4. The third-order valence-electron chi connectivity index (χ3n) is 7.98. The van der Waals surface area contributed by atoms with Crippen LogP contribution < -0.4 is 0 Å². The first-order valence-corrected chi connectivity index (χ1v) is 12.8. The standard InChI is InChI=1S/C27H28ClFN4O3/c1-27-15-19-18-13-20(28)21(29)14-22(18)30-23(19)24(16-6-5-7-17(34)12-16)33(27)26(36)32(25(27)35)11-10-31-8-3-2-4-9-31/h5-7,12-14,24,30,34H,2-4,8-11,15H2,1H3. The number of halogens is 2. The molecule has 0 aliphatic carbocycles. The van der Waals surface area contributed by atoms with E-state index < -0.39 is 17.4 Å². The van der Waals surface area contributed by atoms with Gasteiger partial charge in [-0.05, 0) is 68.2 Å². The van der Waals surface area contributed by atoms with Gasteiger partial charge >= 0.3 is 6.03 Å². The molecule has 3 aliphatic heterocycles. The van der Waals surface area contributed by atoms with E-state index in [4.69, 9.17) is 11.6 Å². The smallest absolute Gasteiger partial charge is 0.328 e. The second kappa shape index (κ2) is 8.49. The van der Waals surface area contributed by atoms with Crippen molar-refractivity contribution < 1.29 is 19.1 Å². The number of likely N-dealkylation sites (tertiary alicyclic amines) is 1. The largest absolute Gasteiger partial charge is 0.508 e. The van der Waals surface area contributed by atoms with Crippen molar-refractivity contribution in [3.8, 4) is 5.75 Å². The predicted molar refractivity (Wildman–Crippen MR) is 135 cm³/mol. The van der Waals surface area contributed by atoms with Crippen molar-refractivity contribution in [2.45, 2.75) is 44.2 Å². The Balaban J connectivity index is 1.46. The summed E-state index contributed by atoms with van der Waals surface area (Å²) in [6.07, 6.45) is 3.77. The molecular weight excluding hydrogens is 483 g/mol. The van der Waals surface area contributed by atoms with E-state index in [-0.39, 0.29) is 29.1 Å². The number of fused-ring (bicyclic) bond motifs is 4. The molecule has 3 aromatic rings. The maximum absolute atomic E-state index is 14.3. The topological polar surface area (TPSA) is 79.9 Å². The number of carbonyl (C=O) groups is 2. The van der Waals surface area contributed by atoms with E-state index in [0.717, 1.165) is 36.9 Å². The lowest BCUT2D eigenvalue weighted by molar-refractivity contribution is -0.133. The highest BCUT2D eigenvalue weighted by Gasteiger charge is 2.60. The summed E-state index contributed by atoms with van der Waals surface area (Å²) in [6.45, 7) is 4.76. The molecule has 0 bridgehead atoms. The highest BCUT2D eigenvalue weighted by atomic mass is 35.5. The molecule has 9 heteroatoms. The van der Waals surface area contributed by atoms with Crippen LogP contribution in [0.4, 0.5) is 9.18 Å². The minimum Gasteiger partial charge on any atom is -0.508 e. The Hall–Kier alpha value is -3.10. The average molecular weight is 511 g/mol. The number of nitrogens with zero attached hydrogens (tertiary/aromatic N) is 3. The number of aromatic amines is 1. The van der Waals surface area contributed by atoms with Crippen LogP contribution in [-0.2, 0) is 11.2 Å². The van der Waals surface area contributed by atoms with Crippen molar-refractivity contribution in [3.05, 3.63) is 64.1 Å². The number of aromatic nitrogens is 1. The van der Waals surface area contributed by atoms with E-state index >= 15 is 0 Å². The molecule has 3 amide bonds. The Morgan fingerprint density at radius 2 is 1.92 bits per heavy atom. The highest BCUT2D eigenvalue weighted by molar-refractivity contribution is 6.31. The Morgan fingerprint density at radius 1 is 1.14 bits per heavy atom. The molecule has 2 unspecified atom stereocenters. The van der Waals surface area contributed by atoms with E-state index in [0.29, 0.717) is 29.9 Å². The van der Waals surface area contributed by atoms with Crippen molar-refractivity contribution >= 4 is 34.4 Å². The van der Waals surface area contributed by atoms with Crippen molar-refractivity contribution in [2.24, 2.45) is 0 Å². The molecule has 2 fully saturated rings. The monoisotopic (exact) mass is 510 g/mol. The number of carbonyl (C=O) groups excluding carboxylic acids is 2. The number of rotatable bonds is 4. The SMILES string of the molecule is CC12Cc3c([nH]c4cc(F)c(Cl)cc34)C(c3cccc(O)c3)N1C(=O)N(CCN1CCCCC1)C2=O. The zero-order valence-electron chi connectivity index (χ0n) is 20.1. The molecule has 2 aromatic carbocycles. The third-order valence-corrected chi connectivity index (χ3v) is 8.27. The molecule has 3 aliphatic rings. The summed E-state index contributed by atoms with van der Waals surface area (Å²) >= 11 is 6.13. The molecular formula is C27H28ClFN4O3. The van der Waals surface area contributed by atoms with Crippen molar-refractivity contribution in [1.29, 1.82) is 0 Å². The van der Waals surface area contributed by atoms with Crippen LogP contribution in [0.15, 0.2) is 36.4 Å². The number of imide groups is 1. The minimum atomic E-state index is -1.13. The molecule has 2 atom stereocenters. The number of amides is 3. The summed E-state index contributed by atoms with van der Waals surface area (Å²) in [5.74, 6) is -0.714. The average Bonchev–Trinajstić information content (AvgIpc) is 3.28. The normalized spacial score (nSPS) is 24.5. The Bertz CT molecular complexity index is 1380. The number of hydrogen-bond donors (Lipinski definition) is 2. The fourth-order valence-electron chi connectivity index (χ4n) is 6.17. The maximum Gasteiger partial charge on any atom is 0.328 e. The summed E-state index contributed by atoms with van der Waals surface area (Å²) < 4.78 is 14.3. The summed E-state index contributed by atoms with van der Waals surface area (Å²) in [4.78, 5) is 36.4. The number of H-pyrrole nitrogens is 1. The molecule has 7 nitrogen and oxygen atoms in total. The first-order chi connectivity index (χ1) is 17.3. The molecule has 2 N–H and O–H groups in total. The number of phenols is 1. The second-order valence-corrected chi connectivity index (χ2v) is 10.7. The fourth-order valence-corrected chi connectivity index (χ4v) is 6.34. The van der Waals surface area contributed by atoms with Crippen LogP contribution in [0.1, 0.15) is 49.0 Å². The molecule has 0 spiro atoms. The van der Waals surface area contributed by atoms with Gasteiger partial charge in [-0.15, -0.1) is 0 Å². The van der Waals surface area contributed by atoms with Gasteiger partial charge in [0.1, 0.15) is 23.1 Å². The maximum atomic E-state index is 14.3. The minimum absolute atomic E-state index is 0.00257. The number of benzene rings is 2. The van der Waals surface area contributed by atoms with E-state index in [1.54, 1.807) is 36.1 Å². The number of piperidine rings is 1. The summed E-state index contributed by atoms with van der Waals surface area (Å²) in [7, 11) is 0. The van der Waals surface area contributed by atoms with E-state index in [1.807, 2.05) is 6.07 Å². The number of phenolic OH excluding ortho intramolecular Hbond substituents is 1. The van der Waals surface area contributed by atoms with Gasteiger partial charge in [-0.2, -0.15) is 0 Å². The summed E-state index contributed by atoms with van der Waals surface area (Å²) in [6, 6.07) is 8.63. The molecule has 0 radical (unpaired) electrons. The van der Waals surface area contributed by atoms with Gasteiger partial charge in [-0.1, -0.05) is 30.2 Å². The lowest BCUT2D eigenvalue weighted by Crippen LogP contribution is -2.53. The van der Waals surface area contributed by atoms with Gasteiger partial charge in [-0.3, -0.25) is 14.6 Å². The van der Waals surface area contributed by atoms with E-state index in [9.17, 15) is 19.1 Å². The molecule has 6 rings (SSSR count). The molecule has 1 aromatic heterocycles. The van der Waals surface area contributed by atoms with E-state index in [2.05, 4.69) is 9.88 Å². The first kappa shape index (κ1) is 23.3. The van der Waals surface area contributed by atoms with Gasteiger partial charge in [0.2, 0.25) is 0 Å². The van der Waals surface area contributed by atoms with E-state index in [1.165, 1.54) is 17.4 Å². The first-order valence-electron chi connectivity index (χ1n) is 12.4. The molecule has 36 heavy (non-hydrogen) atoms. The van der Waals surface area contributed by atoms with Crippen molar-refractivity contribution in [3.63, 3.8) is 0 Å². The summed E-state index contributed by atoms with van der Waals surface area (Å²) in [5.41, 5.74) is 1.63.